The third kappa shape index (κ3) is 1.86. The van der Waals surface area contributed by atoms with Crippen LogP contribution in [0.3, 0.4) is 0 Å². The molecule has 1 aliphatic rings. The van der Waals surface area contributed by atoms with Crippen molar-refractivity contribution in [1.29, 1.82) is 0 Å². The van der Waals surface area contributed by atoms with Gasteiger partial charge >= 0.3 is 94.7 Å². The van der Waals surface area contributed by atoms with E-state index in [9.17, 15) is 0 Å². The van der Waals surface area contributed by atoms with Crippen LogP contribution in [0.15, 0.2) is 60.7 Å². The molecule has 74 valence electrons. The predicted molar refractivity (Wildman–Crippen MR) is 65.8 cm³/mol. The predicted octanol–water partition coefficient (Wildman–Crippen LogP) is 2.73. The molecule has 1 saturated heterocycles. The molecule has 0 N–H and O–H groups in total. The van der Waals surface area contributed by atoms with Crippen LogP contribution in [-0.2, 0) is 0 Å². The van der Waals surface area contributed by atoms with Crippen LogP contribution in [0.5, 0.6) is 0 Å². The van der Waals surface area contributed by atoms with E-state index < -0.39 is 13.9 Å². The molecule has 2 aromatic rings. The molecule has 15 heavy (non-hydrogen) atoms. The Balaban J connectivity index is 1.81. The second-order valence-corrected chi connectivity index (χ2v) is 8.49. The SMILES string of the molecule is c1ccc([C@H]2C[Se+]2c2ccccc2)cc1. The molecule has 1 unspecified atom stereocenters. The standard InChI is InChI=1S/C14H13Se/c1-3-7-12(8-4-1)14-11-15(14)13-9-5-2-6-10-13/h1-10,14H,11H2/q+1/t14-,15?/m1/s1. The van der Waals surface area contributed by atoms with Gasteiger partial charge in [-0.25, -0.2) is 0 Å². The minimum atomic E-state index is -0.483. The van der Waals surface area contributed by atoms with E-state index in [0.717, 1.165) is 4.82 Å². The van der Waals surface area contributed by atoms with Gasteiger partial charge in [0.25, 0.3) is 0 Å². The van der Waals surface area contributed by atoms with Crippen LogP contribution in [0, 0.1) is 0 Å². The van der Waals surface area contributed by atoms with Crippen LogP contribution in [0.2, 0.25) is 5.32 Å². The van der Waals surface area contributed by atoms with E-state index in [1.165, 1.54) is 5.32 Å². The van der Waals surface area contributed by atoms with Crippen molar-refractivity contribution in [3.8, 4) is 0 Å². The normalized spacial score (nSPS) is 23.7. The van der Waals surface area contributed by atoms with Crippen LogP contribution in [0.4, 0.5) is 0 Å². The molecule has 1 fully saturated rings. The molecule has 2 aromatic carbocycles. The Kier molecular flexibility index (Phi) is 2.36. The van der Waals surface area contributed by atoms with Gasteiger partial charge < -0.3 is 0 Å². The summed E-state index contributed by atoms with van der Waals surface area (Å²) >= 11 is -0.483. The molecular formula is C14H13Se+. The fourth-order valence-electron chi connectivity index (χ4n) is 1.91. The van der Waals surface area contributed by atoms with E-state index in [4.69, 9.17) is 0 Å². The summed E-state index contributed by atoms with van der Waals surface area (Å²) in [5.41, 5.74) is 1.55. The van der Waals surface area contributed by atoms with E-state index in [-0.39, 0.29) is 0 Å². The second-order valence-electron chi connectivity index (χ2n) is 3.81. The summed E-state index contributed by atoms with van der Waals surface area (Å²) in [6.07, 6.45) is 0. The summed E-state index contributed by atoms with van der Waals surface area (Å²) in [6.45, 7) is 0. The molecule has 0 saturated carbocycles. The molecule has 2 atom stereocenters. The van der Waals surface area contributed by atoms with Gasteiger partial charge in [0.1, 0.15) is 0 Å². The zero-order chi connectivity index (χ0) is 10.1. The first-order valence-corrected chi connectivity index (χ1v) is 8.30. The molecule has 0 aromatic heterocycles. The van der Waals surface area contributed by atoms with Gasteiger partial charge in [-0.3, -0.25) is 0 Å². The zero-order valence-electron chi connectivity index (χ0n) is 8.47. The van der Waals surface area contributed by atoms with Crippen molar-refractivity contribution in [2.75, 3.05) is 0 Å². The molecule has 1 aliphatic heterocycles. The molecular weight excluding hydrogens is 247 g/mol. The van der Waals surface area contributed by atoms with Gasteiger partial charge in [0.05, 0.1) is 0 Å². The summed E-state index contributed by atoms with van der Waals surface area (Å²) < 4.78 is 1.62. The number of hydrogen-bond donors (Lipinski definition) is 0. The van der Waals surface area contributed by atoms with Crippen LogP contribution in [-0.4, -0.2) is 13.9 Å². The van der Waals surface area contributed by atoms with Crippen molar-refractivity contribution in [3.63, 3.8) is 0 Å². The molecule has 0 aliphatic carbocycles. The first-order chi connectivity index (χ1) is 7.45. The molecule has 1 heteroatoms. The minimum absolute atomic E-state index is 0.483. The number of hydrogen-bond acceptors (Lipinski definition) is 0. The van der Waals surface area contributed by atoms with Crippen molar-refractivity contribution in [2.45, 2.75) is 10.1 Å². The summed E-state index contributed by atoms with van der Waals surface area (Å²) in [6, 6.07) is 22.0. The number of benzene rings is 2. The Morgan fingerprint density at radius 1 is 0.800 bits per heavy atom. The first-order valence-electron chi connectivity index (χ1n) is 5.25. The van der Waals surface area contributed by atoms with Gasteiger partial charge in [0.15, 0.2) is 0 Å². The topological polar surface area (TPSA) is 0 Å². The van der Waals surface area contributed by atoms with Gasteiger partial charge in [0.2, 0.25) is 0 Å². The van der Waals surface area contributed by atoms with Crippen molar-refractivity contribution in [2.24, 2.45) is 0 Å². The van der Waals surface area contributed by atoms with Crippen LogP contribution < -0.4 is 4.46 Å². The van der Waals surface area contributed by atoms with Gasteiger partial charge in [-0.2, -0.15) is 0 Å². The average molecular weight is 260 g/mol. The van der Waals surface area contributed by atoms with Gasteiger partial charge in [-0.1, -0.05) is 0 Å². The Hall–Kier alpha value is -1.04. The molecule has 0 spiro atoms. The van der Waals surface area contributed by atoms with Gasteiger partial charge in [0, 0.05) is 0 Å². The van der Waals surface area contributed by atoms with Crippen molar-refractivity contribution >= 4 is 18.4 Å². The van der Waals surface area contributed by atoms with E-state index >= 15 is 0 Å². The number of rotatable bonds is 2. The fourth-order valence-corrected chi connectivity index (χ4v) is 6.75. The first kappa shape index (κ1) is 9.20. The Labute approximate surface area is 94.8 Å². The van der Waals surface area contributed by atoms with Crippen molar-refractivity contribution in [3.05, 3.63) is 66.2 Å². The average Bonchev–Trinajstić information content (AvgIpc) is 3.11. The third-order valence-electron chi connectivity index (χ3n) is 2.78. The van der Waals surface area contributed by atoms with Crippen molar-refractivity contribution < 1.29 is 0 Å². The van der Waals surface area contributed by atoms with Crippen LogP contribution in [0.1, 0.15) is 10.4 Å². The Morgan fingerprint density at radius 3 is 2.07 bits per heavy atom. The molecule has 0 nitrogen and oxygen atoms in total. The quantitative estimate of drug-likeness (QED) is 0.728. The molecule has 0 radical (unpaired) electrons. The second kappa shape index (κ2) is 3.84. The van der Waals surface area contributed by atoms with E-state index in [2.05, 4.69) is 60.7 Å². The maximum absolute atomic E-state index is 2.30. The summed E-state index contributed by atoms with van der Waals surface area (Å²) in [4.78, 5) is 0.883. The fraction of sp³-hybridized carbons (Fsp3) is 0.143. The van der Waals surface area contributed by atoms with Gasteiger partial charge in [-0.05, 0) is 0 Å². The molecule has 0 bridgehead atoms. The molecule has 1 heterocycles. The van der Waals surface area contributed by atoms with E-state index in [1.807, 2.05) is 0 Å². The molecule has 0 amide bonds. The summed E-state index contributed by atoms with van der Waals surface area (Å²) in [5.74, 6) is 0. The van der Waals surface area contributed by atoms with Crippen molar-refractivity contribution in [1.82, 2.24) is 0 Å². The Morgan fingerprint density at radius 2 is 1.40 bits per heavy atom. The van der Waals surface area contributed by atoms with Crippen LogP contribution in [0.25, 0.3) is 0 Å². The monoisotopic (exact) mass is 261 g/mol. The zero-order valence-corrected chi connectivity index (χ0v) is 10.2. The maximum atomic E-state index is 2.30. The summed E-state index contributed by atoms with van der Waals surface area (Å²) in [7, 11) is 0. The van der Waals surface area contributed by atoms with Gasteiger partial charge in [-0.15, -0.1) is 0 Å². The van der Waals surface area contributed by atoms with E-state index in [1.54, 1.807) is 10.0 Å². The summed E-state index contributed by atoms with van der Waals surface area (Å²) in [5, 5.41) is 1.44. The van der Waals surface area contributed by atoms with Crippen LogP contribution >= 0.6 is 0 Å². The third-order valence-corrected chi connectivity index (χ3v) is 7.53. The molecule has 3 rings (SSSR count). The Bertz CT molecular complexity index is 392. The van der Waals surface area contributed by atoms with E-state index in [0.29, 0.717) is 0 Å².